The molecule has 0 fully saturated rings. The lowest BCUT2D eigenvalue weighted by Gasteiger charge is -1.92. The molecule has 2 aromatic heterocycles. The lowest BCUT2D eigenvalue weighted by atomic mass is 10.3. The van der Waals surface area contributed by atoms with Crippen molar-refractivity contribution < 1.29 is 4.52 Å². The number of anilines is 1. The van der Waals surface area contributed by atoms with Crippen molar-refractivity contribution in [1.29, 1.82) is 0 Å². The molecule has 0 atom stereocenters. The molecular weight excluding hydrogens is 156 g/mol. The zero-order chi connectivity index (χ0) is 8.55. The highest BCUT2D eigenvalue weighted by atomic mass is 16.5. The Labute approximate surface area is 68.3 Å². The second-order valence-corrected chi connectivity index (χ2v) is 2.43. The number of rotatable bonds is 1. The first kappa shape index (κ1) is 7.05. The van der Waals surface area contributed by atoms with Crippen molar-refractivity contribution in [3.8, 4) is 0 Å². The van der Waals surface area contributed by atoms with E-state index >= 15 is 0 Å². The summed E-state index contributed by atoms with van der Waals surface area (Å²) in [4.78, 5) is 4.08. The molecule has 2 rings (SSSR count). The standard InChI is InChI=1S/C7H8N4O/c8-3-4-1-2-5-6(9)11-12-7(5)10-4/h1-2H,3,8H2,(H2,9,11). The van der Waals surface area contributed by atoms with Crippen LogP contribution in [-0.4, -0.2) is 10.1 Å². The second kappa shape index (κ2) is 2.46. The lowest BCUT2D eigenvalue weighted by Crippen LogP contribution is -1.98. The number of nitrogens with two attached hydrogens (primary N) is 2. The Kier molecular flexibility index (Phi) is 1.44. The van der Waals surface area contributed by atoms with E-state index in [4.69, 9.17) is 16.0 Å². The summed E-state index contributed by atoms with van der Waals surface area (Å²) in [5.41, 5.74) is 12.1. The molecule has 0 unspecified atom stereocenters. The molecular formula is C7H8N4O. The molecule has 12 heavy (non-hydrogen) atoms. The summed E-state index contributed by atoms with van der Waals surface area (Å²) in [6, 6.07) is 3.60. The summed E-state index contributed by atoms with van der Waals surface area (Å²) < 4.78 is 4.85. The van der Waals surface area contributed by atoms with Gasteiger partial charge in [0.1, 0.15) is 0 Å². The van der Waals surface area contributed by atoms with Crippen LogP contribution in [-0.2, 0) is 6.54 Å². The van der Waals surface area contributed by atoms with Crippen molar-refractivity contribution in [2.75, 3.05) is 5.73 Å². The van der Waals surface area contributed by atoms with Gasteiger partial charge in [-0.2, -0.15) is 0 Å². The molecule has 5 nitrogen and oxygen atoms in total. The quantitative estimate of drug-likeness (QED) is 0.631. The third-order valence-electron chi connectivity index (χ3n) is 1.63. The summed E-state index contributed by atoms with van der Waals surface area (Å²) in [6.45, 7) is 0.385. The molecule has 2 heterocycles. The van der Waals surface area contributed by atoms with Crippen LogP contribution in [0.3, 0.4) is 0 Å². The summed E-state index contributed by atoms with van der Waals surface area (Å²) in [6.07, 6.45) is 0. The van der Waals surface area contributed by atoms with Gasteiger partial charge in [0.25, 0.3) is 5.71 Å². The molecule has 5 heteroatoms. The predicted octanol–water partition coefficient (Wildman–Crippen LogP) is 0.264. The van der Waals surface area contributed by atoms with Gasteiger partial charge in [0.05, 0.1) is 11.1 Å². The molecule has 0 amide bonds. The van der Waals surface area contributed by atoms with Crippen LogP contribution >= 0.6 is 0 Å². The van der Waals surface area contributed by atoms with Gasteiger partial charge in [-0.1, -0.05) is 5.16 Å². The van der Waals surface area contributed by atoms with Gasteiger partial charge in [-0.3, -0.25) is 0 Å². The Morgan fingerprint density at radius 2 is 2.25 bits per heavy atom. The molecule has 0 spiro atoms. The number of nitrogen functional groups attached to an aromatic ring is 1. The maximum absolute atomic E-state index is 5.49. The molecule has 0 aliphatic rings. The third kappa shape index (κ3) is 0.911. The molecule has 62 valence electrons. The molecule has 0 saturated carbocycles. The van der Waals surface area contributed by atoms with Crippen molar-refractivity contribution in [3.05, 3.63) is 17.8 Å². The zero-order valence-electron chi connectivity index (χ0n) is 6.32. The number of hydrogen-bond donors (Lipinski definition) is 2. The smallest absolute Gasteiger partial charge is 0.260 e. The zero-order valence-corrected chi connectivity index (χ0v) is 6.32. The van der Waals surface area contributed by atoms with Crippen LogP contribution in [0.4, 0.5) is 5.82 Å². The Hall–Kier alpha value is -1.62. The van der Waals surface area contributed by atoms with E-state index in [1.807, 2.05) is 0 Å². The fourth-order valence-corrected chi connectivity index (χ4v) is 0.999. The fourth-order valence-electron chi connectivity index (χ4n) is 0.999. The average Bonchev–Trinajstić information content (AvgIpc) is 2.47. The molecule has 0 aliphatic heterocycles. The summed E-state index contributed by atoms with van der Waals surface area (Å²) >= 11 is 0. The van der Waals surface area contributed by atoms with Crippen molar-refractivity contribution in [3.63, 3.8) is 0 Å². The number of nitrogens with zero attached hydrogens (tertiary/aromatic N) is 2. The Bertz CT molecular complexity index is 409. The molecule has 0 aromatic carbocycles. The van der Waals surface area contributed by atoms with Crippen LogP contribution in [0, 0.1) is 0 Å². The number of pyridine rings is 1. The van der Waals surface area contributed by atoms with Gasteiger partial charge in [-0.25, -0.2) is 4.98 Å². The van der Waals surface area contributed by atoms with Crippen LogP contribution < -0.4 is 11.5 Å². The number of fused-ring (bicyclic) bond motifs is 1. The fraction of sp³-hybridized carbons (Fsp3) is 0.143. The SMILES string of the molecule is NCc1ccc2c(N)noc2n1. The minimum absolute atomic E-state index is 0.362. The minimum atomic E-state index is 0.362. The molecule has 0 saturated heterocycles. The van der Waals surface area contributed by atoms with Crippen LogP contribution in [0.5, 0.6) is 0 Å². The molecule has 4 N–H and O–H groups in total. The van der Waals surface area contributed by atoms with Gasteiger partial charge in [0.15, 0.2) is 5.82 Å². The van der Waals surface area contributed by atoms with Crippen LogP contribution in [0.1, 0.15) is 5.69 Å². The van der Waals surface area contributed by atoms with E-state index in [0.717, 1.165) is 11.1 Å². The van der Waals surface area contributed by atoms with Crippen LogP contribution in [0.25, 0.3) is 11.1 Å². The Morgan fingerprint density at radius 3 is 3.00 bits per heavy atom. The van der Waals surface area contributed by atoms with Crippen LogP contribution in [0.15, 0.2) is 16.7 Å². The third-order valence-corrected chi connectivity index (χ3v) is 1.63. The molecule has 2 aromatic rings. The Balaban J connectivity index is 2.69. The topological polar surface area (TPSA) is 91.0 Å². The summed E-state index contributed by atoms with van der Waals surface area (Å²) in [5.74, 6) is 0.362. The van der Waals surface area contributed by atoms with Gasteiger partial charge >= 0.3 is 0 Å². The summed E-state index contributed by atoms with van der Waals surface area (Å²) in [7, 11) is 0. The van der Waals surface area contributed by atoms with E-state index in [9.17, 15) is 0 Å². The Morgan fingerprint density at radius 1 is 1.42 bits per heavy atom. The van der Waals surface area contributed by atoms with Crippen molar-refractivity contribution in [2.24, 2.45) is 5.73 Å². The first-order chi connectivity index (χ1) is 5.81. The summed E-state index contributed by atoms with van der Waals surface area (Å²) in [5, 5.41) is 4.30. The normalized spacial score (nSPS) is 10.8. The molecule has 0 radical (unpaired) electrons. The number of hydrogen-bond acceptors (Lipinski definition) is 5. The van der Waals surface area contributed by atoms with Gasteiger partial charge < -0.3 is 16.0 Å². The van der Waals surface area contributed by atoms with Crippen LogP contribution in [0.2, 0.25) is 0 Å². The van der Waals surface area contributed by atoms with Gasteiger partial charge in [-0.05, 0) is 12.1 Å². The van der Waals surface area contributed by atoms with Gasteiger partial charge in [0, 0.05) is 6.54 Å². The van der Waals surface area contributed by atoms with Crippen molar-refractivity contribution in [1.82, 2.24) is 10.1 Å². The average molecular weight is 164 g/mol. The monoisotopic (exact) mass is 164 g/mol. The maximum Gasteiger partial charge on any atom is 0.260 e. The van der Waals surface area contributed by atoms with E-state index in [0.29, 0.717) is 18.1 Å². The first-order valence-electron chi connectivity index (χ1n) is 3.52. The van der Waals surface area contributed by atoms with E-state index in [-0.39, 0.29) is 0 Å². The van der Waals surface area contributed by atoms with Gasteiger partial charge in [-0.15, -0.1) is 0 Å². The minimum Gasteiger partial charge on any atom is -0.380 e. The predicted molar refractivity (Wildman–Crippen MR) is 44.1 cm³/mol. The highest BCUT2D eigenvalue weighted by Gasteiger charge is 2.05. The van der Waals surface area contributed by atoms with E-state index < -0.39 is 0 Å². The van der Waals surface area contributed by atoms with E-state index in [2.05, 4.69) is 10.1 Å². The van der Waals surface area contributed by atoms with Crippen molar-refractivity contribution in [2.45, 2.75) is 6.54 Å². The van der Waals surface area contributed by atoms with Crippen molar-refractivity contribution >= 4 is 16.9 Å². The largest absolute Gasteiger partial charge is 0.380 e. The highest BCUT2D eigenvalue weighted by Crippen LogP contribution is 2.17. The van der Waals surface area contributed by atoms with E-state index in [1.54, 1.807) is 12.1 Å². The highest BCUT2D eigenvalue weighted by molar-refractivity contribution is 5.83. The lowest BCUT2D eigenvalue weighted by molar-refractivity contribution is 0.452. The number of aromatic nitrogens is 2. The first-order valence-corrected chi connectivity index (χ1v) is 3.52. The molecule has 0 bridgehead atoms. The molecule has 0 aliphatic carbocycles. The van der Waals surface area contributed by atoms with E-state index in [1.165, 1.54) is 0 Å². The maximum atomic E-state index is 5.49. The second-order valence-electron chi connectivity index (χ2n) is 2.43. The van der Waals surface area contributed by atoms with Gasteiger partial charge in [0.2, 0.25) is 0 Å².